The van der Waals surface area contributed by atoms with Crippen LogP contribution in [0.1, 0.15) is 163 Å². The number of aliphatic hydroxyl groups excluding tert-OH is 2. The first-order valence-electron chi connectivity index (χ1n) is 25.5. The number of phenolic OH excluding ortho intramolecular Hbond substituents is 1. The topological polar surface area (TPSA) is 202 Å². The van der Waals surface area contributed by atoms with Crippen LogP contribution in [0.3, 0.4) is 0 Å². The Balaban J connectivity index is 1.07. The minimum Gasteiger partial charge on any atom is -0.508 e. The highest BCUT2D eigenvalue weighted by Gasteiger charge is 2.47. The average Bonchev–Trinajstić information content (AvgIpc) is 3.81. The molecule has 0 aromatic heterocycles. The lowest BCUT2D eigenvalue weighted by atomic mass is 9.84. The summed E-state index contributed by atoms with van der Waals surface area (Å²) in [4.78, 5) is 43.5. The van der Waals surface area contributed by atoms with Gasteiger partial charge in [0.2, 0.25) is 0 Å². The Morgan fingerprint density at radius 1 is 0.764 bits per heavy atom. The highest BCUT2D eigenvalue weighted by molar-refractivity contribution is 7.84. The molecule has 0 saturated carbocycles. The van der Waals surface area contributed by atoms with Crippen LogP contribution in [-0.2, 0) is 50.5 Å². The van der Waals surface area contributed by atoms with E-state index in [0.717, 1.165) is 25.7 Å². The first kappa shape index (κ1) is 54.6. The van der Waals surface area contributed by atoms with E-state index in [-0.39, 0.29) is 107 Å². The molecule has 16 nitrogen and oxygen atoms in total. The van der Waals surface area contributed by atoms with Crippen LogP contribution in [0.25, 0.3) is 0 Å². The van der Waals surface area contributed by atoms with E-state index in [2.05, 4.69) is 65.8 Å². The molecule has 1 saturated heterocycles. The maximum absolute atomic E-state index is 14.3. The van der Waals surface area contributed by atoms with E-state index in [0.29, 0.717) is 59.4 Å². The van der Waals surface area contributed by atoms with Crippen molar-refractivity contribution < 1.29 is 61.3 Å². The van der Waals surface area contributed by atoms with Crippen LogP contribution < -0.4 is 13.7 Å². The SMILES string of the molecule is CC(C)=CCC/C(C)=C/CC[C@@]1(C)Oc2c(c(O)cc3c2CN([C@@H](CCCN2Cc4c(cc(OS(=O)(=O)N5CCOCC5)c5c4O[C@](C)(CC/C=C(\C)CCC=C(C)C)[C@@H](O)C5)C2=O)OC=O)C3=O)C[C@@H]1O. The molecule has 1 fully saturated rings. The number of ether oxygens (including phenoxy) is 4. The van der Waals surface area contributed by atoms with Gasteiger partial charge in [-0.15, -0.1) is 0 Å². The van der Waals surface area contributed by atoms with Crippen LogP contribution in [0.4, 0.5) is 0 Å². The largest absolute Gasteiger partial charge is 0.508 e. The van der Waals surface area contributed by atoms with Gasteiger partial charge in [0.15, 0.2) is 12.0 Å². The Labute approximate surface area is 425 Å². The van der Waals surface area contributed by atoms with E-state index in [1.54, 1.807) is 4.90 Å². The van der Waals surface area contributed by atoms with Crippen LogP contribution in [0.5, 0.6) is 23.0 Å². The Morgan fingerprint density at radius 2 is 1.31 bits per heavy atom. The summed E-state index contributed by atoms with van der Waals surface area (Å²) in [5.41, 5.74) is 5.20. The Bertz CT molecular complexity index is 2610. The summed E-state index contributed by atoms with van der Waals surface area (Å²) in [5.74, 6) is -0.439. The number of nitrogens with zero attached hydrogens (tertiary/aromatic N) is 3. The minimum atomic E-state index is -4.32. The summed E-state index contributed by atoms with van der Waals surface area (Å²) in [7, 11) is -4.32. The fourth-order valence-corrected chi connectivity index (χ4v) is 11.4. The maximum Gasteiger partial charge on any atom is 0.385 e. The second kappa shape index (κ2) is 22.9. The van der Waals surface area contributed by atoms with Crippen molar-refractivity contribution in [3.8, 4) is 23.0 Å². The van der Waals surface area contributed by atoms with Gasteiger partial charge in [-0.2, -0.15) is 12.7 Å². The minimum absolute atomic E-state index is 0.0222. The molecule has 0 radical (unpaired) electrons. The zero-order valence-corrected chi connectivity index (χ0v) is 44.2. The summed E-state index contributed by atoms with van der Waals surface area (Å²) in [6, 6.07) is 2.81. The molecule has 5 aliphatic heterocycles. The molecule has 0 spiro atoms. The molecule has 0 bridgehead atoms. The lowest BCUT2D eigenvalue weighted by Gasteiger charge is -2.41. The molecule has 394 valence electrons. The van der Waals surface area contributed by atoms with Crippen LogP contribution in [-0.4, -0.2) is 119 Å². The Morgan fingerprint density at radius 3 is 1.88 bits per heavy atom. The molecule has 5 aliphatic rings. The Hall–Kier alpha value is -5.20. The molecule has 0 unspecified atom stereocenters. The fraction of sp³-hybridized carbons (Fsp3) is 0.582. The third-order valence-electron chi connectivity index (χ3n) is 14.8. The molecule has 17 heteroatoms. The molecule has 72 heavy (non-hydrogen) atoms. The zero-order chi connectivity index (χ0) is 52.1. The summed E-state index contributed by atoms with van der Waals surface area (Å²) in [5, 5.41) is 34.2. The molecular weight excluding hydrogens is 943 g/mol. The van der Waals surface area contributed by atoms with Crippen molar-refractivity contribution in [2.24, 2.45) is 0 Å². The van der Waals surface area contributed by atoms with Crippen LogP contribution in [0.15, 0.2) is 58.7 Å². The number of aliphatic hydroxyl groups is 2. The van der Waals surface area contributed by atoms with Crippen molar-refractivity contribution in [3.05, 3.63) is 92.1 Å². The van der Waals surface area contributed by atoms with Gasteiger partial charge in [0, 0.05) is 61.2 Å². The normalized spacial score (nSPS) is 23.6. The lowest BCUT2D eigenvalue weighted by molar-refractivity contribution is -0.141. The van der Waals surface area contributed by atoms with Crippen molar-refractivity contribution in [1.82, 2.24) is 14.1 Å². The molecule has 5 heterocycles. The third-order valence-corrected chi connectivity index (χ3v) is 16.2. The lowest BCUT2D eigenvalue weighted by Crippen LogP contribution is -2.49. The van der Waals surface area contributed by atoms with E-state index in [4.69, 9.17) is 23.1 Å². The molecule has 2 aromatic carbocycles. The van der Waals surface area contributed by atoms with Gasteiger partial charge in [0.25, 0.3) is 18.3 Å². The smallest absolute Gasteiger partial charge is 0.385 e. The van der Waals surface area contributed by atoms with Gasteiger partial charge in [-0.25, -0.2) is 0 Å². The number of amides is 2. The molecular formula is C55H75N3O13S. The van der Waals surface area contributed by atoms with Gasteiger partial charge < -0.3 is 43.4 Å². The zero-order valence-electron chi connectivity index (χ0n) is 43.4. The second-order valence-corrected chi connectivity index (χ2v) is 22.6. The number of benzene rings is 2. The number of hydrogen-bond donors (Lipinski definition) is 3. The third kappa shape index (κ3) is 12.2. The second-order valence-electron chi connectivity index (χ2n) is 21.1. The number of hydrogen-bond acceptors (Lipinski definition) is 13. The van der Waals surface area contributed by atoms with Crippen molar-refractivity contribution in [2.75, 3.05) is 32.8 Å². The van der Waals surface area contributed by atoms with Crippen molar-refractivity contribution in [3.63, 3.8) is 0 Å². The highest BCUT2D eigenvalue weighted by atomic mass is 32.2. The van der Waals surface area contributed by atoms with Gasteiger partial charge >= 0.3 is 10.3 Å². The average molecular weight is 1020 g/mol. The number of carbonyl (C=O) groups is 3. The number of phenols is 1. The van der Waals surface area contributed by atoms with Crippen LogP contribution in [0, 0.1) is 0 Å². The van der Waals surface area contributed by atoms with E-state index in [1.165, 1.54) is 43.6 Å². The Kier molecular flexibility index (Phi) is 17.4. The number of morpholine rings is 1. The summed E-state index contributed by atoms with van der Waals surface area (Å²) in [6.07, 6.45) is 12.3. The van der Waals surface area contributed by atoms with E-state index in [9.17, 15) is 38.1 Å². The van der Waals surface area contributed by atoms with Gasteiger partial charge in [-0.3, -0.25) is 19.3 Å². The van der Waals surface area contributed by atoms with Gasteiger partial charge in [0.1, 0.15) is 28.5 Å². The molecule has 7 rings (SSSR count). The first-order chi connectivity index (χ1) is 34.1. The monoisotopic (exact) mass is 1020 g/mol. The molecule has 0 aliphatic carbocycles. The molecule has 3 N–H and O–H groups in total. The van der Waals surface area contributed by atoms with E-state index >= 15 is 0 Å². The van der Waals surface area contributed by atoms with E-state index < -0.39 is 45.8 Å². The van der Waals surface area contributed by atoms with Crippen molar-refractivity contribution in [2.45, 2.75) is 175 Å². The number of allylic oxidation sites excluding steroid dienone is 8. The van der Waals surface area contributed by atoms with E-state index in [1.807, 2.05) is 13.8 Å². The van der Waals surface area contributed by atoms with Crippen molar-refractivity contribution >= 4 is 28.6 Å². The first-order valence-corrected chi connectivity index (χ1v) is 26.9. The number of aromatic hydroxyl groups is 1. The molecule has 2 aromatic rings. The summed E-state index contributed by atoms with van der Waals surface area (Å²) in [6.45, 7) is 17.4. The highest BCUT2D eigenvalue weighted by Crippen LogP contribution is 2.49. The van der Waals surface area contributed by atoms with Crippen LogP contribution >= 0.6 is 0 Å². The molecule has 5 atom stereocenters. The molecule has 2 amide bonds. The van der Waals surface area contributed by atoms with Gasteiger partial charge in [-0.1, -0.05) is 46.6 Å². The predicted octanol–water partition coefficient (Wildman–Crippen LogP) is 8.29. The number of rotatable bonds is 22. The maximum atomic E-state index is 14.3. The predicted molar refractivity (Wildman–Crippen MR) is 272 cm³/mol. The quantitative estimate of drug-likeness (QED) is 0.0752. The number of carbonyl (C=O) groups excluding carboxylic acids is 3. The number of fused-ring (bicyclic) bond motifs is 6. The van der Waals surface area contributed by atoms with Gasteiger partial charge in [0.05, 0.1) is 49.6 Å². The fourth-order valence-electron chi connectivity index (χ4n) is 10.3. The standard InChI is InChI=1S/C55H75N3O13S/c1-35(2)14-9-16-37(5)18-11-21-54(7)47(61)30-41-45(60)28-39-44(50(41)69-54)33-58(53(39)64)49(68-34-59)20-13-23-56-32-43-40(52(56)63)29-46(71-72(65,66)57-24-26-67-27-25-57)42-31-48(62)55(8,70-51(42)43)22-12-19-38(6)17-10-15-36(3)4/h14-15,18-19,28-29,34,47-49,60-62H,9-13,16-17,20-27,30-33H2,1-8H3/b37-18+,38-19+/t47-,48-,49+,54+,55+/m0/s1. The van der Waals surface area contributed by atoms with Crippen molar-refractivity contribution in [1.29, 1.82) is 0 Å². The summed E-state index contributed by atoms with van der Waals surface area (Å²) < 4.78 is 58.5. The van der Waals surface area contributed by atoms with Crippen LogP contribution in [0.2, 0.25) is 0 Å². The summed E-state index contributed by atoms with van der Waals surface area (Å²) >= 11 is 0. The van der Waals surface area contributed by atoms with Gasteiger partial charge in [-0.05, 0) is 125 Å².